The van der Waals surface area contributed by atoms with Crippen molar-refractivity contribution < 1.29 is 14.3 Å². The van der Waals surface area contributed by atoms with E-state index in [9.17, 15) is 4.79 Å². The number of nitrogens with one attached hydrogen (secondary N) is 2. The summed E-state index contributed by atoms with van der Waals surface area (Å²) in [6, 6.07) is 7.86. The molecule has 0 saturated heterocycles. The second-order valence-corrected chi connectivity index (χ2v) is 8.42. The molecule has 30 heavy (non-hydrogen) atoms. The molecule has 156 valence electrons. The second kappa shape index (κ2) is 8.85. The quantitative estimate of drug-likeness (QED) is 0.440. The third-order valence-electron chi connectivity index (χ3n) is 4.91. The van der Waals surface area contributed by atoms with Gasteiger partial charge in [0.25, 0.3) is 0 Å². The molecule has 0 bridgehead atoms. The fourth-order valence-corrected chi connectivity index (χ4v) is 5.11. The average Bonchev–Trinajstić information content (AvgIpc) is 3.44. The molecule has 0 spiro atoms. The molecule has 3 aromatic rings. The summed E-state index contributed by atoms with van der Waals surface area (Å²) in [4.78, 5) is 13.5. The van der Waals surface area contributed by atoms with E-state index in [2.05, 4.69) is 15.7 Å². The zero-order chi connectivity index (χ0) is 21.1. The van der Waals surface area contributed by atoms with Gasteiger partial charge in [0.1, 0.15) is 10.8 Å². The van der Waals surface area contributed by atoms with Crippen LogP contribution in [0.1, 0.15) is 32.8 Å². The number of thiophene rings is 1. The van der Waals surface area contributed by atoms with Crippen LogP contribution in [0.25, 0.3) is 0 Å². The number of fused-ring (bicyclic) bond motifs is 1. The molecule has 0 amide bonds. The minimum Gasteiger partial charge on any atom is -0.497 e. The van der Waals surface area contributed by atoms with E-state index in [1.807, 2.05) is 35.1 Å². The summed E-state index contributed by atoms with van der Waals surface area (Å²) in [7, 11) is 3.05. The Morgan fingerprint density at radius 2 is 2.17 bits per heavy atom. The van der Waals surface area contributed by atoms with Crippen LogP contribution in [0.15, 0.2) is 36.7 Å². The zero-order valence-corrected chi connectivity index (χ0v) is 18.4. The summed E-state index contributed by atoms with van der Waals surface area (Å²) >= 11 is 7.03. The van der Waals surface area contributed by atoms with Gasteiger partial charge in [0.2, 0.25) is 0 Å². The summed E-state index contributed by atoms with van der Waals surface area (Å²) in [5, 5.41) is 11.8. The maximum absolute atomic E-state index is 12.3. The predicted octanol–water partition coefficient (Wildman–Crippen LogP) is 4.09. The first-order chi connectivity index (χ1) is 14.6. The number of hydrogen-bond donors (Lipinski definition) is 2. The van der Waals surface area contributed by atoms with Gasteiger partial charge in [0.15, 0.2) is 5.11 Å². The van der Waals surface area contributed by atoms with Crippen molar-refractivity contribution in [3.05, 3.63) is 58.2 Å². The monoisotopic (exact) mass is 442 g/mol. The van der Waals surface area contributed by atoms with Crippen molar-refractivity contribution in [2.75, 3.05) is 24.9 Å². The predicted molar refractivity (Wildman–Crippen MR) is 122 cm³/mol. The molecule has 9 heteroatoms. The highest BCUT2D eigenvalue weighted by atomic mass is 32.1. The highest BCUT2D eigenvalue weighted by Crippen LogP contribution is 2.39. The molecular formula is C21H22N4O3S2. The van der Waals surface area contributed by atoms with Gasteiger partial charge in [-0.2, -0.15) is 5.10 Å². The number of thiocarbonyl (C=S) groups is 1. The number of anilines is 2. The fourth-order valence-electron chi connectivity index (χ4n) is 3.55. The number of carbonyl (C=O) groups excluding carboxylic acids is 1. The van der Waals surface area contributed by atoms with E-state index >= 15 is 0 Å². The Balaban J connectivity index is 1.42. The van der Waals surface area contributed by atoms with Crippen molar-refractivity contribution in [2.45, 2.75) is 25.8 Å². The lowest BCUT2D eigenvalue weighted by Gasteiger charge is -2.10. The Kier molecular flexibility index (Phi) is 6.01. The van der Waals surface area contributed by atoms with E-state index in [4.69, 9.17) is 21.7 Å². The number of aromatic nitrogens is 2. The van der Waals surface area contributed by atoms with Crippen LogP contribution in [-0.4, -0.2) is 35.1 Å². The Bertz CT molecular complexity index is 1090. The Morgan fingerprint density at radius 1 is 1.30 bits per heavy atom. The number of aryl methyl sites for hydroxylation is 1. The van der Waals surface area contributed by atoms with Gasteiger partial charge >= 0.3 is 5.97 Å². The highest BCUT2D eigenvalue weighted by molar-refractivity contribution is 7.80. The summed E-state index contributed by atoms with van der Waals surface area (Å²) in [5.74, 6) is 0.485. The van der Waals surface area contributed by atoms with E-state index in [-0.39, 0.29) is 5.97 Å². The smallest absolute Gasteiger partial charge is 0.341 e. The first kappa shape index (κ1) is 20.4. The van der Waals surface area contributed by atoms with E-state index in [0.29, 0.717) is 17.2 Å². The molecule has 1 aliphatic carbocycles. The summed E-state index contributed by atoms with van der Waals surface area (Å²) in [6.45, 7) is 0.614. The zero-order valence-electron chi connectivity index (χ0n) is 16.7. The molecule has 7 nitrogen and oxygen atoms in total. The van der Waals surface area contributed by atoms with Gasteiger partial charge in [-0.1, -0.05) is 12.1 Å². The minimum absolute atomic E-state index is 0.328. The number of nitrogens with zero attached hydrogens (tertiary/aromatic N) is 2. The molecular weight excluding hydrogens is 420 g/mol. The van der Waals surface area contributed by atoms with E-state index in [1.165, 1.54) is 12.0 Å². The normalized spacial score (nSPS) is 12.3. The van der Waals surface area contributed by atoms with Crippen LogP contribution in [0, 0.1) is 0 Å². The van der Waals surface area contributed by atoms with Crippen LogP contribution in [0.4, 0.5) is 10.7 Å². The Morgan fingerprint density at radius 3 is 2.97 bits per heavy atom. The number of esters is 1. The van der Waals surface area contributed by atoms with Crippen molar-refractivity contribution >= 4 is 45.3 Å². The summed E-state index contributed by atoms with van der Waals surface area (Å²) in [6.07, 6.45) is 6.55. The maximum atomic E-state index is 12.3. The first-order valence-electron chi connectivity index (χ1n) is 9.53. The van der Waals surface area contributed by atoms with Gasteiger partial charge in [-0.15, -0.1) is 11.3 Å². The number of methoxy groups -OCH3 is 2. The number of hydrogen-bond acceptors (Lipinski definition) is 6. The largest absolute Gasteiger partial charge is 0.497 e. The van der Waals surface area contributed by atoms with E-state index < -0.39 is 0 Å². The summed E-state index contributed by atoms with van der Waals surface area (Å²) < 4.78 is 12.1. The Labute approximate surface area is 184 Å². The van der Waals surface area contributed by atoms with E-state index in [1.54, 1.807) is 24.6 Å². The molecule has 0 atom stereocenters. The Hall–Kier alpha value is -2.91. The average molecular weight is 443 g/mol. The molecule has 1 aliphatic rings. The van der Waals surface area contributed by atoms with Gasteiger partial charge in [0, 0.05) is 11.1 Å². The highest BCUT2D eigenvalue weighted by Gasteiger charge is 2.27. The lowest BCUT2D eigenvalue weighted by molar-refractivity contribution is 0.0601. The van der Waals surface area contributed by atoms with Crippen LogP contribution in [-0.2, 0) is 24.1 Å². The molecule has 0 unspecified atom stereocenters. The molecule has 2 N–H and O–H groups in total. The fraction of sp³-hybridized carbons (Fsp3) is 0.286. The molecule has 0 radical (unpaired) electrons. The third-order valence-corrected chi connectivity index (χ3v) is 6.32. The molecule has 2 heterocycles. The SMILES string of the molecule is COC(=O)c1c(NC(=S)Nc2cnn(Cc3cccc(OC)c3)c2)sc2c1CCC2. The van der Waals surface area contributed by atoms with Crippen LogP contribution < -0.4 is 15.4 Å². The lowest BCUT2D eigenvalue weighted by atomic mass is 10.1. The summed E-state index contributed by atoms with van der Waals surface area (Å²) in [5.41, 5.74) is 3.54. The van der Waals surface area contributed by atoms with Gasteiger partial charge in [-0.25, -0.2) is 4.79 Å². The van der Waals surface area contributed by atoms with Crippen LogP contribution in [0.2, 0.25) is 0 Å². The number of ether oxygens (including phenoxy) is 2. The topological polar surface area (TPSA) is 77.4 Å². The standard InChI is InChI=1S/C21H22N4O3S2/c1-27-15-6-3-5-13(9-15)11-25-12-14(10-22-25)23-21(29)24-19-18(20(26)28-2)16-7-4-8-17(16)30-19/h3,5-6,9-10,12H,4,7-8,11H2,1-2H3,(H2,23,24,29). The van der Waals surface area contributed by atoms with Crippen molar-refractivity contribution in [1.29, 1.82) is 0 Å². The van der Waals surface area contributed by atoms with Crippen molar-refractivity contribution in [1.82, 2.24) is 9.78 Å². The minimum atomic E-state index is -0.328. The van der Waals surface area contributed by atoms with Gasteiger partial charge in [-0.3, -0.25) is 4.68 Å². The van der Waals surface area contributed by atoms with Gasteiger partial charge in [0.05, 0.1) is 38.2 Å². The number of rotatable bonds is 6. The number of carbonyl (C=O) groups is 1. The second-order valence-electron chi connectivity index (χ2n) is 6.91. The van der Waals surface area contributed by atoms with Gasteiger partial charge < -0.3 is 20.1 Å². The van der Waals surface area contributed by atoms with Crippen LogP contribution >= 0.6 is 23.6 Å². The third kappa shape index (κ3) is 4.31. The maximum Gasteiger partial charge on any atom is 0.341 e. The molecule has 0 aliphatic heterocycles. The molecule has 0 saturated carbocycles. The molecule has 4 rings (SSSR count). The van der Waals surface area contributed by atoms with Crippen LogP contribution in [0.5, 0.6) is 5.75 Å². The van der Waals surface area contributed by atoms with Crippen LogP contribution in [0.3, 0.4) is 0 Å². The lowest BCUT2D eigenvalue weighted by Crippen LogP contribution is -2.20. The van der Waals surface area contributed by atoms with Crippen molar-refractivity contribution in [2.24, 2.45) is 0 Å². The first-order valence-corrected chi connectivity index (χ1v) is 10.8. The molecule has 2 aromatic heterocycles. The molecule has 0 fully saturated rings. The molecule has 1 aromatic carbocycles. The number of benzene rings is 1. The van der Waals surface area contributed by atoms with Crippen molar-refractivity contribution in [3.63, 3.8) is 0 Å². The van der Waals surface area contributed by atoms with Crippen molar-refractivity contribution in [3.8, 4) is 5.75 Å². The van der Waals surface area contributed by atoms with Gasteiger partial charge in [-0.05, 0) is 54.7 Å². The van der Waals surface area contributed by atoms with E-state index in [0.717, 1.165) is 46.8 Å².